The van der Waals surface area contributed by atoms with Crippen LogP contribution in [0.15, 0.2) is 0 Å². The molecule has 1 saturated heterocycles. The third kappa shape index (κ3) is 1.94. The van der Waals surface area contributed by atoms with E-state index in [4.69, 9.17) is 10.5 Å². The van der Waals surface area contributed by atoms with E-state index in [1.54, 1.807) is 0 Å². The zero-order valence-corrected chi connectivity index (χ0v) is 7.01. The second-order valence-electron chi connectivity index (χ2n) is 4.12. The summed E-state index contributed by atoms with van der Waals surface area (Å²) in [5.74, 6) is 0.957. The summed E-state index contributed by atoms with van der Waals surface area (Å²) in [6.07, 6.45) is 6.23. The smallest absolute Gasteiger partial charge is 0.0483 e. The van der Waals surface area contributed by atoms with Crippen LogP contribution in [0.1, 0.15) is 32.1 Å². The van der Waals surface area contributed by atoms with Gasteiger partial charge in [0.15, 0.2) is 0 Å². The normalized spacial score (nSPS) is 30.3. The van der Waals surface area contributed by atoms with Crippen molar-refractivity contribution in [3.63, 3.8) is 0 Å². The average molecular weight is 155 g/mol. The Morgan fingerprint density at radius 3 is 2.45 bits per heavy atom. The van der Waals surface area contributed by atoms with Crippen LogP contribution in [0.25, 0.3) is 0 Å². The van der Waals surface area contributed by atoms with Gasteiger partial charge in [0, 0.05) is 18.8 Å². The van der Waals surface area contributed by atoms with E-state index >= 15 is 0 Å². The summed E-state index contributed by atoms with van der Waals surface area (Å²) in [5, 5.41) is 0. The van der Waals surface area contributed by atoms with Crippen LogP contribution in [0.4, 0.5) is 0 Å². The van der Waals surface area contributed by atoms with Gasteiger partial charge < -0.3 is 10.5 Å². The highest BCUT2D eigenvalue weighted by Crippen LogP contribution is 2.38. The SMILES string of the molecule is NC1(CC2CC2)CCOCC1. The van der Waals surface area contributed by atoms with Crippen molar-refractivity contribution in [1.29, 1.82) is 0 Å². The molecule has 2 fully saturated rings. The molecule has 0 aromatic heterocycles. The van der Waals surface area contributed by atoms with Crippen molar-refractivity contribution in [2.45, 2.75) is 37.6 Å². The van der Waals surface area contributed by atoms with Crippen LogP contribution in [0.2, 0.25) is 0 Å². The maximum absolute atomic E-state index is 6.22. The molecule has 1 heterocycles. The molecule has 2 aliphatic rings. The maximum Gasteiger partial charge on any atom is 0.0483 e. The molecule has 0 aromatic rings. The molecule has 0 atom stereocenters. The highest BCUT2D eigenvalue weighted by Gasteiger charge is 2.34. The van der Waals surface area contributed by atoms with Gasteiger partial charge in [-0.1, -0.05) is 12.8 Å². The Morgan fingerprint density at radius 1 is 1.27 bits per heavy atom. The highest BCUT2D eigenvalue weighted by atomic mass is 16.5. The van der Waals surface area contributed by atoms with E-state index in [2.05, 4.69) is 0 Å². The van der Waals surface area contributed by atoms with E-state index in [9.17, 15) is 0 Å². The largest absolute Gasteiger partial charge is 0.381 e. The van der Waals surface area contributed by atoms with Crippen molar-refractivity contribution in [2.24, 2.45) is 11.7 Å². The van der Waals surface area contributed by atoms with Gasteiger partial charge in [0.2, 0.25) is 0 Å². The molecule has 0 aromatic carbocycles. The van der Waals surface area contributed by atoms with Gasteiger partial charge in [0.25, 0.3) is 0 Å². The van der Waals surface area contributed by atoms with E-state index in [0.717, 1.165) is 32.0 Å². The Hall–Kier alpha value is -0.0800. The predicted octanol–water partition coefficient (Wildman–Crippen LogP) is 1.29. The number of hydrogen-bond donors (Lipinski definition) is 1. The third-order valence-corrected chi connectivity index (χ3v) is 2.88. The molecule has 1 aliphatic heterocycles. The molecule has 0 unspecified atom stereocenters. The van der Waals surface area contributed by atoms with Gasteiger partial charge in [-0.2, -0.15) is 0 Å². The topological polar surface area (TPSA) is 35.2 Å². The Labute approximate surface area is 68.1 Å². The fraction of sp³-hybridized carbons (Fsp3) is 1.00. The van der Waals surface area contributed by atoms with Crippen LogP contribution in [-0.2, 0) is 4.74 Å². The Morgan fingerprint density at radius 2 is 1.91 bits per heavy atom. The lowest BCUT2D eigenvalue weighted by Gasteiger charge is -2.33. The van der Waals surface area contributed by atoms with Gasteiger partial charge >= 0.3 is 0 Å². The molecule has 1 saturated carbocycles. The minimum atomic E-state index is 0.138. The van der Waals surface area contributed by atoms with Crippen molar-refractivity contribution in [2.75, 3.05) is 13.2 Å². The minimum absolute atomic E-state index is 0.138. The van der Waals surface area contributed by atoms with Crippen LogP contribution in [0.5, 0.6) is 0 Å². The third-order valence-electron chi connectivity index (χ3n) is 2.88. The molecule has 0 spiro atoms. The van der Waals surface area contributed by atoms with Crippen LogP contribution in [0, 0.1) is 5.92 Å². The van der Waals surface area contributed by atoms with Gasteiger partial charge in [-0.3, -0.25) is 0 Å². The Balaban J connectivity index is 1.84. The summed E-state index contributed by atoms with van der Waals surface area (Å²) in [5.41, 5.74) is 6.36. The second-order valence-corrected chi connectivity index (χ2v) is 4.12. The molecule has 2 nitrogen and oxygen atoms in total. The van der Waals surface area contributed by atoms with Crippen molar-refractivity contribution in [3.05, 3.63) is 0 Å². The molecule has 11 heavy (non-hydrogen) atoms. The van der Waals surface area contributed by atoms with Crippen molar-refractivity contribution in [3.8, 4) is 0 Å². The zero-order valence-electron chi connectivity index (χ0n) is 7.01. The fourth-order valence-electron chi connectivity index (χ4n) is 1.88. The molecule has 0 bridgehead atoms. The van der Waals surface area contributed by atoms with Gasteiger partial charge in [-0.15, -0.1) is 0 Å². The van der Waals surface area contributed by atoms with E-state index in [-0.39, 0.29) is 5.54 Å². The molecular formula is C9H17NO. The first kappa shape index (κ1) is 7.56. The summed E-state index contributed by atoms with van der Waals surface area (Å²) in [6, 6.07) is 0. The van der Waals surface area contributed by atoms with Gasteiger partial charge in [0.05, 0.1) is 0 Å². The lowest BCUT2D eigenvalue weighted by Crippen LogP contribution is -2.45. The molecule has 0 radical (unpaired) electrons. The van der Waals surface area contributed by atoms with Crippen LogP contribution in [0.3, 0.4) is 0 Å². The van der Waals surface area contributed by atoms with Gasteiger partial charge in [-0.25, -0.2) is 0 Å². The van der Waals surface area contributed by atoms with E-state index in [1.807, 2.05) is 0 Å². The lowest BCUT2D eigenvalue weighted by molar-refractivity contribution is 0.0483. The van der Waals surface area contributed by atoms with Gasteiger partial charge in [-0.05, 0) is 25.2 Å². The van der Waals surface area contributed by atoms with E-state index in [1.165, 1.54) is 19.3 Å². The lowest BCUT2D eigenvalue weighted by atomic mass is 9.86. The first-order valence-corrected chi connectivity index (χ1v) is 4.65. The van der Waals surface area contributed by atoms with Crippen molar-refractivity contribution in [1.82, 2.24) is 0 Å². The predicted molar refractivity (Wildman–Crippen MR) is 44.3 cm³/mol. The summed E-state index contributed by atoms with van der Waals surface area (Å²) in [4.78, 5) is 0. The van der Waals surface area contributed by atoms with Crippen LogP contribution in [-0.4, -0.2) is 18.8 Å². The monoisotopic (exact) mass is 155 g/mol. The summed E-state index contributed by atoms with van der Waals surface area (Å²) >= 11 is 0. The van der Waals surface area contributed by atoms with E-state index in [0.29, 0.717) is 0 Å². The van der Waals surface area contributed by atoms with Crippen LogP contribution < -0.4 is 5.73 Å². The number of hydrogen-bond acceptors (Lipinski definition) is 2. The summed E-state index contributed by atoms with van der Waals surface area (Å²) in [7, 11) is 0. The standard InChI is InChI=1S/C9H17NO/c10-9(7-8-1-2-8)3-5-11-6-4-9/h8H,1-7,10H2. The van der Waals surface area contributed by atoms with Crippen molar-refractivity contribution < 1.29 is 4.74 Å². The van der Waals surface area contributed by atoms with Crippen LogP contribution >= 0.6 is 0 Å². The highest BCUT2D eigenvalue weighted by molar-refractivity contribution is 4.92. The Kier molecular flexibility index (Phi) is 1.90. The molecule has 2 heteroatoms. The summed E-state index contributed by atoms with van der Waals surface area (Å²) < 4.78 is 5.29. The molecule has 2 rings (SSSR count). The number of rotatable bonds is 2. The molecule has 0 amide bonds. The molecule has 64 valence electrons. The quantitative estimate of drug-likeness (QED) is 0.652. The number of nitrogens with two attached hydrogens (primary N) is 1. The first-order chi connectivity index (χ1) is 5.29. The fourth-order valence-corrected chi connectivity index (χ4v) is 1.88. The molecular weight excluding hydrogens is 138 g/mol. The molecule has 2 N–H and O–H groups in total. The zero-order chi connectivity index (χ0) is 7.73. The van der Waals surface area contributed by atoms with Crippen molar-refractivity contribution >= 4 is 0 Å². The second kappa shape index (κ2) is 2.76. The van der Waals surface area contributed by atoms with Gasteiger partial charge in [0.1, 0.15) is 0 Å². The minimum Gasteiger partial charge on any atom is -0.381 e. The first-order valence-electron chi connectivity index (χ1n) is 4.65. The Bertz CT molecular complexity index is 136. The molecule has 1 aliphatic carbocycles. The summed E-state index contributed by atoms with van der Waals surface area (Å²) in [6.45, 7) is 1.76. The van der Waals surface area contributed by atoms with E-state index < -0.39 is 0 Å². The number of ether oxygens (including phenoxy) is 1. The average Bonchev–Trinajstić information content (AvgIpc) is 2.72. The maximum atomic E-state index is 6.22.